The Morgan fingerprint density at radius 1 is 1.13 bits per heavy atom. The van der Waals surface area contributed by atoms with Crippen molar-refractivity contribution < 1.29 is 13.2 Å². The van der Waals surface area contributed by atoms with E-state index in [1.54, 1.807) is 0 Å². The van der Waals surface area contributed by atoms with Crippen LogP contribution in [0, 0.1) is 17.1 Å². The average Bonchev–Trinajstić information content (AvgIpc) is 3.05. The summed E-state index contributed by atoms with van der Waals surface area (Å²) in [6.45, 7) is -2.82. The molecule has 0 aliphatic heterocycles. The van der Waals surface area contributed by atoms with Gasteiger partial charge in [-0.05, 0) is 30.3 Å². The van der Waals surface area contributed by atoms with E-state index in [1.807, 2.05) is 6.07 Å². The molecule has 114 valence electrons. The van der Waals surface area contributed by atoms with Gasteiger partial charge in [-0.2, -0.15) is 18.7 Å². The van der Waals surface area contributed by atoms with Gasteiger partial charge in [-0.3, -0.25) is 4.98 Å². The lowest BCUT2D eigenvalue weighted by Gasteiger charge is -2.05. The minimum absolute atomic E-state index is 0.132. The normalized spacial score (nSPS) is 10.7. The Labute approximate surface area is 128 Å². The molecular formula is C15H8F3N5. The van der Waals surface area contributed by atoms with Gasteiger partial charge in [0, 0.05) is 17.3 Å². The second kappa shape index (κ2) is 5.88. The van der Waals surface area contributed by atoms with Crippen LogP contribution in [0.25, 0.3) is 22.5 Å². The van der Waals surface area contributed by atoms with Crippen molar-refractivity contribution in [3.05, 3.63) is 54.1 Å². The van der Waals surface area contributed by atoms with Crippen LogP contribution in [0.2, 0.25) is 0 Å². The Balaban J connectivity index is 2.09. The Hall–Kier alpha value is -3.21. The van der Waals surface area contributed by atoms with Gasteiger partial charge in [-0.15, -0.1) is 5.10 Å². The standard InChI is InChI=1S/C15H8F3N5/c16-11-3-1-9(2-4-11)13-5-12(10(6-19)7-20-13)14-8-23(15(17)18)22-21-14/h1-5,7-8,15H. The van der Waals surface area contributed by atoms with Gasteiger partial charge in [-0.1, -0.05) is 5.21 Å². The van der Waals surface area contributed by atoms with Gasteiger partial charge in [0.1, 0.15) is 17.6 Å². The van der Waals surface area contributed by atoms with E-state index in [-0.39, 0.29) is 17.1 Å². The summed E-state index contributed by atoms with van der Waals surface area (Å²) in [6.07, 6.45) is 2.37. The van der Waals surface area contributed by atoms with Crippen LogP contribution < -0.4 is 0 Å². The molecule has 0 amide bonds. The van der Waals surface area contributed by atoms with Crippen LogP contribution in [0.1, 0.15) is 12.1 Å². The molecule has 23 heavy (non-hydrogen) atoms. The molecular weight excluding hydrogens is 307 g/mol. The number of aromatic nitrogens is 4. The monoisotopic (exact) mass is 315 g/mol. The molecule has 0 saturated carbocycles. The largest absolute Gasteiger partial charge is 0.334 e. The van der Waals surface area contributed by atoms with Gasteiger partial charge in [0.2, 0.25) is 0 Å². The summed E-state index contributed by atoms with van der Waals surface area (Å²) in [5, 5.41) is 16.1. The molecule has 3 aromatic rings. The van der Waals surface area contributed by atoms with E-state index in [0.29, 0.717) is 21.5 Å². The van der Waals surface area contributed by atoms with E-state index in [4.69, 9.17) is 5.26 Å². The van der Waals surface area contributed by atoms with Crippen LogP contribution >= 0.6 is 0 Å². The number of halogens is 3. The Kier molecular flexibility index (Phi) is 3.76. The topological polar surface area (TPSA) is 67.4 Å². The number of nitriles is 1. The second-order valence-electron chi connectivity index (χ2n) is 4.60. The first kappa shape index (κ1) is 14.7. The fraction of sp³-hybridized carbons (Fsp3) is 0.0667. The molecule has 0 N–H and O–H groups in total. The molecule has 0 radical (unpaired) electrons. The number of alkyl halides is 2. The van der Waals surface area contributed by atoms with Crippen molar-refractivity contribution in [2.75, 3.05) is 0 Å². The number of nitrogens with zero attached hydrogens (tertiary/aromatic N) is 5. The number of benzene rings is 1. The summed E-state index contributed by atoms with van der Waals surface area (Å²) in [5.41, 5.74) is 1.72. The van der Waals surface area contributed by atoms with Gasteiger partial charge in [-0.25, -0.2) is 4.39 Å². The molecule has 0 aliphatic rings. The number of hydrogen-bond donors (Lipinski definition) is 0. The summed E-state index contributed by atoms with van der Waals surface area (Å²) in [5.74, 6) is -0.387. The Morgan fingerprint density at radius 2 is 1.87 bits per heavy atom. The molecule has 2 heterocycles. The quantitative estimate of drug-likeness (QED) is 0.743. The van der Waals surface area contributed by atoms with Crippen LogP contribution in [0.3, 0.4) is 0 Å². The molecule has 1 aromatic carbocycles. The lowest BCUT2D eigenvalue weighted by molar-refractivity contribution is 0.0546. The summed E-state index contributed by atoms with van der Waals surface area (Å²) in [7, 11) is 0. The highest BCUT2D eigenvalue weighted by atomic mass is 19.3. The van der Waals surface area contributed by atoms with Gasteiger partial charge in [0.25, 0.3) is 0 Å². The second-order valence-corrected chi connectivity index (χ2v) is 4.60. The van der Waals surface area contributed by atoms with Crippen LogP contribution in [0.4, 0.5) is 13.2 Å². The van der Waals surface area contributed by atoms with Crippen molar-refractivity contribution in [3.8, 4) is 28.6 Å². The lowest BCUT2D eigenvalue weighted by Crippen LogP contribution is -1.97. The predicted molar refractivity (Wildman–Crippen MR) is 74.6 cm³/mol. The highest BCUT2D eigenvalue weighted by Crippen LogP contribution is 2.27. The highest BCUT2D eigenvalue weighted by molar-refractivity contribution is 5.72. The molecule has 5 nitrogen and oxygen atoms in total. The molecule has 0 spiro atoms. The van der Waals surface area contributed by atoms with Crippen LogP contribution in [0.5, 0.6) is 0 Å². The summed E-state index contributed by atoms with van der Waals surface area (Å²) < 4.78 is 38.6. The van der Waals surface area contributed by atoms with Crippen molar-refractivity contribution >= 4 is 0 Å². The van der Waals surface area contributed by atoms with Gasteiger partial charge in [0.05, 0.1) is 17.5 Å². The molecule has 0 atom stereocenters. The van der Waals surface area contributed by atoms with E-state index >= 15 is 0 Å². The zero-order chi connectivity index (χ0) is 16.4. The van der Waals surface area contributed by atoms with Crippen LogP contribution in [0.15, 0.2) is 42.7 Å². The average molecular weight is 315 g/mol. The predicted octanol–water partition coefficient (Wildman–Crippen LogP) is 3.41. The highest BCUT2D eigenvalue weighted by Gasteiger charge is 2.15. The smallest absolute Gasteiger partial charge is 0.255 e. The minimum Gasteiger partial charge on any atom is -0.255 e. The van der Waals surface area contributed by atoms with Gasteiger partial charge >= 0.3 is 6.55 Å². The summed E-state index contributed by atoms with van der Waals surface area (Å²) >= 11 is 0. The maximum Gasteiger partial charge on any atom is 0.334 e. The molecule has 3 rings (SSSR count). The first-order chi connectivity index (χ1) is 11.1. The molecule has 0 aliphatic carbocycles. The lowest BCUT2D eigenvalue weighted by atomic mass is 10.0. The maximum atomic E-state index is 13.0. The SMILES string of the molecule is N#Cc1cnc(-c2ccc(F)cc2)cc1-c1cn(C(F)F)nn1. The molecule has 0 unspecified atom stereocenters. The van der Waals surface area contributed by atoms with Gasteiger partial charge in [0.15, 0.2) is 0 Å². The van der Waals surface area contributed by atoms with E-state index in [0.717, 1.165) is 6.20 Å². The van der Waals surface area contributed by atoms with Crippen molar-refractivity contribution in [3.63, 3.8) is 0 Å². The van der Waals surface area contributed by atoms with Crippen molar-refractivity contribution in [1.82, 2.24) is 20.0 Å². The van der Waals surface area contributed by atoms with Crippen molar-refractivity contribution in [2.24, 2.45) is 0 Å². The number of hydrogen-bond acceptors (Lipinski definition) is 4. The molecule has 0 bridgehead atoms. The fourth-order valence-electron chi connectivity index (χ4n) is 2.03. The molecule has 8 heteroatoms. The number of rotatable bonds is 3. The van der Waals surface area contributed by atoms with Crippen molar-refractivity contribution in [2.45, 2.75) is 6.55 Å². The van der Waals surface area contributed by atoms with Crippen LogP contribution in [-0.2, 0) is 0 Å². The summed E-state index contributed by atoms with van der Waals surface area (Å²) in [4.78, 5) is 4.13. The molecule has 2 aromatic heterocycles. The Morgan fingerprint density at radius 3 is 2.48 bits per heavy atom. The zero-order valence-electron chi connectivity index (χ0n) is 11.5. The van der Waals surface area contributed by atoms with Crippen molar-refractivity contribution in [1.29, 1.82) is 5.26 Å². The zero-order valence-corrected chi connectivity index (χ0v) is 11.5. The third-order valence-electron chi connectivity index (χ3n) is 3.15. The minimum atomic E-state index is -2.82. The summed E-state index contributed by atoms with van der Waals surface area (Å²) in [6, 6.07) is 9.09. The Bertz CT molecular complexity index is 881. The van der Waals surface area contributed by atoms with E-state index in [9.17, 15) is 13.2 Å². The molecule has 0 fully saturated rings. The van der Waals surface area contributed by atoms with E-state index < -0.39 is 6.55 Å². The van der Waals surface area contributed by atoms with Crippen LogP contribution in [-0.4, -0.2) is 20.0 Å². The first-order valence-corrected chi connectivity index (χ1v) is 6.45. The number of pyridine rings is 1. The maximum absolute atomic E-state index is 13.0. The third kappa shape index (κ3) is 2.89. The first-order valence-electron chi connectivity index (χ1n) is 6.45. The third-order valence-corrected chi connectivity index (χ3v) is 3.15. The molecule has 0 saturated heterocycles. The fourth-order valence-corrected chi connectivity index (χ4v) is 2.03. The van der Waals surface area contributed by atoms with Gasteiger partial charge < -0.3 is 0 Å². The van der Waals surface area contributed by atoms with E-state index in [2.05, 4.69) is 15.3 Å². The van der Waals surface area contributed by atoms with E-state index in [1.165, 1.54) is 36.5 Å².